The maximum atomic E-state index is 11.8. The summed E-state index contributed by atoms with van der Waals surface area (Å²) >= 11 is 0. The van der Waals surface area contributed by atoms with Gasteiger partial charge in [0.25, 0.3) is 0 Å². The van der Waals surface area contributed by atoms with Crippen molar-refractivity contribution in [1.82, 2.24) is 4.90 Å². The molecule has 0 atom stereocenters. The second kappa shape index (κ2) is 5.86. The van der Waals surface area contributed by atoms with Crippen LogP contribution >= 0.6 is 0 Å². The van der Waals surface area contributed by atoms with E-state index in [2.05, 4.69) is 0 Å². The molecule has 0 spiro atoms. The van der Waals surface area contributed by atoms with Crippen molar-refractivity contribution in [3.63, 3.8) is 0 Å². The SMILES string of the molecule is CC(C)N(CC#N)CCCC(F)(F)F. The minimum Gasteiger partial charge on any atom is -0.288 e. The normalized spacial score (nSPS) is 12.1. The van der Waals surface area contributed by atoms with Crippen LogP contribution in [0.3, 0.4) is 0 Å². The van der Waals surface area contributed by atoms with E-state index in [1.807, 2.05) is 19.9 Å². The second-order valence-electron chi connectivity index (χ2n) is 3.44. The molecule has 82 valence electrons. The van der Waals surface area contributed by atoms with E-state index >= 15 is 0 Å². The predicted octanol–water partition coefficient (Wildman–Crippen LogP) is 2.56. The van der Waals surface area contributed by atoms with Crippen molar-refractivity contribution in [2.75, 3.05) is 13.1 Å². The number of alkyl halides is 3. The van der Waals surface area contributed by atoms with Crippen molar-refractivity contribution in [3.05, 3.63) is 0 Å². The van der Waals surface area contributed by atoms with Crippen LogP contribution < -0.4 is 0 Å². The van der Waals surface area contributed by atoms with Gasteiger partial charge in [-0.3, -0.25) is 4.90 Å². The van der Waals surface area contributed by atoms with Gasteiger partial charge < -0.3 is 0 Å². The first kappa shape index (κ1) is 13.2. The van der Waals surface area contributed by atoms with Crippen molar-refractivity contribution in [1.29, 1.82) is 5.26 Å². The molecule has 0 aliphatic carbocycles. The molecule has 0 saturated carbocycles. The Balaban J connectivity index is 3.79. The fourth-order valence-electron chi connectivity index (χ4n) is 1.09. The quantitative estimate of drug-likeness (QED) is 0.649. The molecule has 0 amide bonds. The number of halogens is 3. The lowest BCUT2D eigenvalue weighted by molar-refractivity contribution is -0.136. The third kappa shape index (κ3) is 6.72. The Labute approximate surface area is 82.3 Å². The van der Waals surface area contributed by atoms with Gasteiger partial charge in [-0.25, -0.2) is 0 Å². The van der Waals surface area contributed by atoms with Gasteiger partial charge in [-0.05, 0) is 26.8 Å². The first-order valence-electron chi connectivity index (χ1n) is 4.54. The molecule has 0 rings (SSSR count). The molecule has 0 N–H and O–H groups in total. The number of hydrogen-bond donors (Lipinski definition) is 0. The lowest BCUT2D eigenvalue weighted by atomic mass is 10.2. The van der Waals surface area contributed by atoms with E-state index < -0.39 is 12.6 Å². The number of rotatable bonds is 5. The van der Waals surface area contributed by atoms with Crippen molar-refractivity contribution in [3.8, 4) is 6.07 Å². The summed E-state index contributed by atoms with van der Waals surface area (Å²) in [5.74, 6) is 0. The summed E-state index contributed by atoms with van der Waals surface area (Å²) in [5.41, 5.74) is 0. The van der Waals surface area contributed by atoms with Gasteiger partial charge in [0.1, 0.15) is 0 Å². The summed E-state index contributed by atoms with van der Waals surface area (Å²) in [6.07, 6.45) is -4.81. The van der Waals surface area contributed by atoms with E-state index in [1.54, 1.807) is 4.90 Å². The van der Waals surface area contributed by atoms with Crippen LogP contribution in [-0.2, 0) is 0 Å². The molecular weight excluding hydrogens is 193 g/mol. The molecule has 5 heteroatoms. The van der Waals surface area contributed by atoms with Crippen LogP contribution in [-0.4, -0.2) is 30.2 Å². The monoisotopic (exact) mass is 208 g/mol. The number of nitriles is 1. The Kier molecular flexibility index (Phi) is 5.55. The molecular formula is C9H15F3N2. The summed E-state index contributed by atoms with van der Waals surface area (Å²) in [6, 6.07) is 2.06. The van der Waals surface area contributed by atoms with Crippen LogP contribution in [0.5, 0.6) is 0 Å². The van der Waals surface area contributed by atoms with E-state index in [4.69, 9.17) is 5.26 Å². The van der Waals surface area contributed by atoms with Gasteiger partial charge >= 0.3 is 6.18 Å². The van der Waals surface area contributed by atoms with Crippen LogP contribution in [0.15, 0.2) is 0 Å². The van der Waals surface area contributed by atoms with Gasteiger partial charge in [0.05, 0.1) is 12.6 Å². The maximum absolute atomic E-state index is 11.8. The second-order valence-corrected chi connectivity index (χ2v) is 3.44. The van der Waals surface area contributed by atoms with E-state index in [0.29, 0.717) is 6.54 Å². The largest absolute Gasteiger partial charge is 0.389 e. The van der Waals surface area contributed by atoms with Gasteiger partial charge in [0.2, 0.25) is 0 Å². The van der Waals surface area contributed by atoms with E-state index in [-0.39, 0.29) is 19.0 Å². The minimum absolute atomic E-state index is 0.0589. The molecule has 0 radical (unpaired) electrons. The average molecular weight is 208 g/mol. The topological polar surface area (TPSA) is 27.0 Å². The zero-order chi connectivity index (χ0) is 11.2. The summed E-state index contributed by atoms with van der Waals surface area (Å²) in [6.45, 7) is 4.25. The van der Waals surface area contributed by atoms with Crippen LogP contribution in [0, 0.1) is 11.3 Å². The van der Waals surface area contributed by atoms with Gasteiger partial charge in [-0.2, -0.15) is 18.4 Å². The van der Waals surface area contributed by atoms with Gasteiger partial charge in [0, 0.05) is 12.5 Å². The summed E-state index contributed by atoms with van der Waals surface area (Å²) in [7, 11) is 0. The summed E-state index contributed by atoms with van der Waals surface area (Å²) < 4.78 is 35.4. The summed E-state index contributed by atoms with van der Waals surface area (Å²) in [4.78, 5) is 1.73. The summed E-state index contributed by atoms with van der Waals surface area (Å²) in [5, 5.41) is 8.43. The van der Waals surface area contributed by atoms with Crippen molar-refractivity contribution in [2.45, 2.75) is 38.9 Å². The van der Waals surface area contributed by atoms with E-state index in [0.717, 1.165) is 0 Å². The van der Waals surface area contributed by atoms with Gasteiger partial charge in [-0.1, -0.05) is 0 Å². The minimum atomic E-state index is -4.09. The molecule has 2 nitrogen and oxygen atoms in total. The molecule has 0 aliphatic rings. The fraction of sp³-hybridized carbons (Fsp3) is 0.889. The Morgan fingerprint density at radius 1 is 1.36 bits per heavy atom. The van der Waals surface area contributed by atoms with Crippen molar-refractivity contribution >= 4 is 0 Å². The van der Waals surface area contributed by atoms with Crippen LogP contribution in [0.1, 0.15) is 26.7 Å². The molecule has 0 aromatic rings. The molecule has 0 aromatic carbocycles. The highest BCUT2D eigenvalue weighted by Crippen LogP contribution is 2.21. The molecule has 0 bridgehead atoms. The molecule has 0 saturated heterocycles. The molecule has 0 heterocycles. The van der Waals surface area contributed by atoms with Crippen molar-refractivity contribution in [2.24, 2.45) is 0 Å². The highest BCUT2D eigenvalue weighted by Gasteiger charge is 2.26. The number of nitrogens with zero attached hydrogens (tertiary/aromatic N) is 2. The third-order valence-corrected chi connectivity index (χ3v) is 1.91. The number of hydrogen-bond acceptors (Lipinski definition) is 2. The molecule has 14 heavy (non-hydrogen) atoms. The predicted molar refractivity (Wildman–Crippen MR) is 47.6 cm³/mol. The molecule has 0 aromatic heterocycles. The van der Waals surface area contributed by atoms with E-state index in [1.165, 1.54) is 0 Å². The fourth-order valence-corrected chi connectivity index (χ4v) is 1.09. The van der Waals surface area contributed by atoms with Crippen LogP contribution in [0.2, 0.25) is 0 Å². The highest BCUT2D eigenvalue weighted by molar-refractivity contribution is 4.78. The van der Waals surface area contributed by atoms with Gasteiger partial charge in [-0.15, -0.1) is 0 Å². The third-order valence-electron chi connectivity index (χ3n) is 1.91. The van der Waals surface area contributed by atoms with Crippen LogP contribution in [0.4, 0.5) is 13.2 Å². The Hall–Kier alpha value is -0.760. The Morgan fingerprint density at radius 2 is 1.93 bits per heavy atom. The zero-order valence-corrected chi connectivity index (χ0v) is 8.43. The van der Waals surface area contributed by atoms with E-state index in [9.17, 15) is 13.2 Å². The maximum Gasteiger partial charge on any atom is 0.389 e. The molecule has 0 aliphatic heterocycles. The molecule has 0 fully saturated rings. The lowest BCUT2D eigenvalue weighted by Gasteiger charge is -2.23. The van der Waals surface area contributed by atoms with Crippen LogP contribution in [0.25, 0.3) is 0 Å². The first-order chi connectivity index (χ1) is 6.37. The van der Waals surface area contributed by atoms with Crippen molar-refractivity contribution < 1.29 is 13.2 Å². The first-order valence-corrected chi connectivity index (χ1v) is 4.54. The Bertz CT molecular complexity index is 193. The standard InChI is InChI=1S/C9H15F3N2/c1-8(2)14(7-5-13)6-3-4-9(10,11)12/h8H,3-4,6-7H2,1-2H3. The molecule has 0 unspecified atom stereocenters. The average Bonchev–Trinajstić information content (AvgIpc) is 2.00. The Morgan fingerprint density at radius 3 is 2.29 bits per heavy atom. The zero-order valence-electron chi connectivity index (χ0n) is 8.43. The van der Waals surface area contributed by atoms with Gasteiger partial charge in [0.15, 0.2) is 0 Å². The smallest absolute Gasteiger partial charge is 0.288 e. The lowest BCUT2D eigenvalue weighted by Crippen LogP contribution is -2.32. The highest BCUT2D eigenvalue weighted by atomic mass is 19.4.